The molecule has 0 aromatic heterocycles. The van der Waals surface area contributed by atoms with E-state index in [2.05, 4.69) is 5.32 Å². The second-order valence-corrected chi connectivity index (χ2v) is 7.89. The van der Waals surface area contributed by atoms with Gasteiger partial charge in [0.2, 0.25) is 10.0 Å². The van der Waals surface area contributed by atoms with Gasteiger partial charge >= 0.3 is 0 Å². The number of carbonyl (C=O) groups excluding carboxylic acids is 1. The van der Waals surface area contributed by atoms with Crippen molar-refractivity contribution >= 4 is 21.6 Å². The first-order valence-corrected chi connectivity index (χ1v) is 9.83. The van der Waals surface area contributed by atoms with Gasteiger partial charge in [-0.25, -0.2) is 12.8 Å². The lowest BCUT2D eigenvalue weighted by molar-refractivity contribution is 0.102. The summed E-state index contributed by atoms with van der Waals surface area (Å²) in [6.07, 6.45) is 0. The van der Waals surface area contributed by atoms with Crippen molar-refractivity contribution in [2.75, 3.05) is 18.4 Å². The molecule has 0 saturated heterocycles. The summed E-state index contributed by atoms with van der Waals surface area (Å²) in [4.78, 5) is 12.5. The minimum atomic E-state index is -3.78. The smallest absolute Gasteiger partial charge is 0.258 e. The summed E-state index contributed by atoms with van der Waals surface area (Å²) >= 11 is 0. The molecule has 0 bridgehead atoms. The van der Waals surface area contributed by atoms with Gasteiger partial charge in [0.25, 0.3) is 5.91 Å². The largest absolute Gasteiger partial charge is 0.321 e. The molecule has 26 heavy (non-hydrogen) atoms. The fourth-order valence-electron chi connectivity index (χ4n) is 2.74. The molecule has 0 fully saturated rings. The molecule has 1 N–H and O–H groups in total. The minimum absolute atomic E-state index is 0.103. The Hall–Kier alpha value is -2.25. The Morgan fingerprint density at radius 3 is 2.19 bits per heavy atom. The van der Waals surface area contributed by atoms with Gasteiger partial charge in [-0.3, -0.25) is 4.79 Å². The summed E-state index contributed by atoms with van der Waals surface area (Å²) in [7, 11) is -3.78. The number of carbonyl (C=O) groups is 1. The van der Waals surface area contributed by atoms with Gasteiger partial charge in [-0.05, 0) is 43.2 Å². The maximum absolute atomic E-state index is 14.2. The maximum atomic E-state index is 14.2. The van der Waals surface area contributed by atoms with Gasteiger partial charge in [-0.15, -0.1) is 0 Å². The summed E-state index contributed by atoms with van der Waals surface area (Å²) in [5, 5.41) is 2.68. The molecular weight excluding hydrogens is 355 g/mol. The van der Waals surface area contributed by atoms with Gasteiger partial charge in [0.05, 0.1) is 10.5 Å². The predicted octanol–water partition coefficient (Wildman–Crippen LogP) is 3.73. The lowest BCUT2D eigenvalue weighted by Crippen LogP contribution is -2.31. The van der Waals surface area contributed by atoms with Crippen molar-refractivity contribution in [1.29, 1.82) is 0 Å². The van der Waals surface area contributed by atoms with E-state index >= 15 is 0 Å². The Morgan fingerprint density at radius 1 is 1.08 bits per heavy atom. The first-order valence-electron chi connectivity index (χ1n) is 8.39. The van der Waals surface area contributed by atoms with E-state index in [4.69, 9.17) is 0 Å². The van der Waals surface area contributed by atoms with Crippen molar-refractivity contribution < 1.29 is 17.6 Å². The van der Waals surface area contributed by atoms with Crippen LogP contribution in [0.2, 0.25) is 0 Å². The predicted molar refractivity (Wildman–Crippen MR) is 100 cm³/mol. The monoisotopic (exact) mass is 378 g/mol. The Kier molecular flexibility index (Phi) is 6.15. The third-order valence-electron chi connectivity index (χ3n) is 4.25. The third-order valence-corrected chi connectivity index (χ3v) is 6.29. The van der Waals surface area contributed by atoms with Gasteiger partial charge in [0, 0.05) is 18.8 Å². The van der Waals surface area contributed by atoms with Crippen LogP contribution >= 0.6 is 0 Å². The normalized spacial score (nSPS) is 11.6. The van der Waals surface area contributed by atoms with Gasteiger partial charge in [0.1, 0.15) is 5.82 Å². The lowest BCUT2D eigenvalue weighted by atomic mass is 10.1. The zero-order chi connectivity index (χ0) is 19.5. The van der Waals surface area contributed by atoms with Gasteiger partial charge in [-0.2, -0.15) is 4.31 Å². The summed E-state index contributed by atoms with van der Waals surface area (Å²) in [6, 6.07) is 8.80. The Labute approximate surface area is 153 Å². The van der Waals surface area contributed by atoms with E-state index < -0.39 is 21.7 Å². The van der Waals surface area contributed by atoms with Crippen LogP contribution < -0.4 is 5.32 Å². The van der Waals surface area contributed by atoms with Crippen LogP contribution in [0.4, 0.5) is 10.1 Å². The zero-order valence-electron chi connectivity index (χ0n) is 15.3. The fourth-order valence-corrected chi connectivity index (χ4v) is 4.23. The molecule has 5 nitrogen and oxygen atoms in total. The molecule has 0 unspecified atom stereocenters. The summed E-state index contributed by atoms with van der Waals surface area (Å²) in [5.74, 6) is -1.45. The molecule has 2 aromatic carbocycles. The van der Waals surface area contributed by atoms with Crippen LogP contribution in [-0.4, -0.2) is 31.7 Å². The van der Waals surface area contributed by atoms with Crippen molar-refractivity contribution in [3.8, 4) is 0 Å². The second kappa shape index (κ2) is 7.97. The molecule has 0 aliphatic carbocycles. The number of nitrogens with zero attached hydrogens (tertiary/aromatic N) is 1. The van der Waals surface area contributed by atoms with E-state index in [1.165, 1.54) is 10.4 Å². The standard InChI is InChI=1S/C19H23FN2O3S/c1-5-22(6-2)26(24,25)15-10-11-17(20)16(12-15)19(23)21-18-13(3)8-7-9-14(18)4/h7-12H,5-6H2,1-4H3,(H,21,23). The number of nitrogens with one attached hydrogen (secondary N) is 1. The number of amides is 1. The van der Waals surface area contributed by atoms with Crippen LogP contribution in [0.3, 0.4) is 0 Å². The molecule has 0 saturated carbocycles. The van der Waals surface area contributed by atoms with E-state index in [1.54, 1.807) is 13.8 Å². The molecule has 0 radical (unpaired) electrons. The average molecular weight is 378 g/mol. The van der Waals surface area contributed by atoms with Gasteiger partial charge < -0.3 is 5.32 Å². The van der Waals surface area contributed by atoms with E-state index in [0.717, 1.165) is 23.3 Å². The molecule has 0 spiro atoms. The maximum Gasteiger partial charge on any atom is 0.258 e. The van der Waals surface area contributed by atoms with E-state index in [9.17, 15) is 17.6 Å². The van der Waals surface area contributed by atoms with Gasteiger partial charge in [0.15, 0.2) is 0 Å². The van der Waals surface area contributed by atoms with E-state index in [-0.39, 0.29) is 10.5 Å². The first kappa shape index (κ1) is 20.1. The molecule has 2 aromatic rings. The third kappa shape index (κ3) is 3.94. The highest BCUT2D eigenvalue weighted by molar-refractivity contribution is 7.89. The number of rotatable bonds is 6. The van der Waals surface area contributed by atoms with Gasteiger partial charge in [-0.1, -0.05) is 32.0 Å². The van der Waals surface area contributed by atoms with Crippen LogP contribution in [0.5, 0.6) is 0 Å². The van der Waals surface area contributed by atoms with Crippen LogP contribution in [0, 0.1) is 19.7 Å². The number of halogens is 1. The molecular formula is C19H23FN2O3S. The van der Waals surface area contributed by atoms with E-state index in [0.29, 0.717) is 18.8 Å². The Morgan fingerprint density at radius 2 is 1.65 bits per heavy atom. The molecule has 2 rings (SSSR count). The second-order valence-electron chi connectivity index (χ2n) is 5.95. The van der Waals surface area contributed by atoms with Crippen LogP contribution in [-0.2, 0) is 10.0 Å². The van der Waals surface area contributed by atoms with E-state index in [1.807, 2.05) is 32.0 Å². The highest BCUT2D eigenvalue weighted by Gasteiger charge is 2.24. The number of hydrogen-bond donors (Lipinski definition) is 1. The number of aryl methyl sites for hydroxylation is 2. The minimum Gasteiger partial charge on any atom is -0.321 e. The van der Waals surface area contributed by atoms with Crippen molar-refractivity contribution in [3.63, 3.8) is 0 Å². The molecule has 1 amide bonds. The van der Waals surface area contributed by atoms with Crippen molar-refractivity contribution in [2.45, 2.75) is 32.6 Å². The quantitative estimate of drug-likeness (QED) is 0.833. The molecule has 140 valence electrons. The molecule has 0 atom stereocenters. The van der Waals surface area contributed by atoms with Crippen molar-refractivity contribution in [3.05, 3.63) is 58.9 Å². The SMILES string of the molecule is CCN(CC)S(=O)(=O)c1ccc(F)c(C(=O)Nc2c(C)cccc2C)c1. The summed E-state index contributed by atoms with van der Waals surface area (Å²) in [6.45, 7) is 7.69. The number of hydrogen-bond acceptors (Lipinski definition) is 3. The topological polar surface area (TPSA) is 66.5 Å². The Bertz CT molecular complexity index is 902. The number of benzene rings is 2. The summed E-state index contributed by atoms with van der Waals surface area (Å²) in [5.41, 5.74) is 1.96. The fraction of sp³-hybridized carbons (Fsp3) is 0.316. The van der Waals surface area contributed by atoms with Crippen molar-refractivity contribution in [1.82, 2.24) is 4.31 Å². The summed E-state index contributed by atoms with van der Waals surface area (Å²) < 4.78 is 40.7. The first-order chi connectivity index (χ1) is 12.2. The zero-order valence-corrected chi connectivity index (χ0v) is 16.2. The highest BCUT2D eigenvalue weighted by atomic mass is 32.2. The number of para-hydroxylation sites is 1. The molecule has 7 heteroatoms. The number of anilines is 1. The Balaban J connectivity index is 2.43. The van der Waals surface area contributed by atoms with Crippen LogP contribution in [0.1, 0.15) is 35.3 Å². The molecule has 0 aliphatic rings. The average Bonchev–Trinajstić information content (AvgIpc) is 2.59. The van der Waals surface area contributed by atoms with Crippen LogP contribution in [0.15, 0.2) is 41.3 Å². The van der Waals surface area contributed by atoms with Crippen LogP contribution in [0.25, 0.3) is 0 Å². The lowest BCUT2D eigenvalue weighted by Gasteiger charge is -2.19. The highest BCUT2D eigenvalue weighted by Crippen LogP contribution is 2.23. The molecule has 0 heterocycles. The molecule has 0 aliphatic heterocycles. The number of sulfonamides is 1. The van der Waals surface area contributed by atoms with Crippen molar-refractivity contribution in [2.24, 2.45) is 0 Å².